The molecular formula is C18H13ClF2N2O2S. The molecule has 1 amide bonds. The topological polar surface area (TPSA) is 51.2 Å². The van der Waals surface area contributed by atoms with Gasteiger partial charge in [0.1, 0.15) is 5.75 Å². The molecule has 0 fully saturated rings. The maximum atomic E-state index is 12.5. The van der Waals surface area contributed by atoms with Crippen molar-refractivity contribution in [3.8, 4) is 17.0 Å². The number of aromatic nitrogens is 1. The Balaban J connectivity index is 1.70. The predicted molar refractivity (Wildman–Crippen MR) is 98.0 cm³/mol. The molecule has 0 saturated carbocycles. The highest BCUT2D eigenvalue weighted by Crippen LogP contribution is 2.33. The van der Waals surface area contributed by atoms with Crippen molar-refractivity contribution >= 4 is 34.0 Å². The van der Waals surface area contributed by atoms with Crippen LogP contribution in [-0.4, -0.2) is 17.5 Å². The summed E-state index contributed by atoms with van der Waals surface area (Å²) in [6.07, 6.45) is 0.178. The Hall–Kier alpha value is -2.51. The number of hydrogen-bond donors (Lipinski definition) is 1. The van der Waals surface area contributed by atoms with Gasteiger partial charge in [-0.3, -0.25) is 4.79 Å². The van der Waals surface area contributed by atoms with Crippen LogP contribution in [0.15, 0.2) is 53.9 Å². The minimum Gasteiger partial charge on any atom is -0.434 e. The zero-order chi connectivity index (χ0) is 18.5. The second-order valence-electron chi connectivity index (χ2n) is 5.26. The van der Waals surface area contributed by atoms with Gasteiger partial charge in [-0.25, -0.2) is 4.98 Å². The number of hydrogen-bond acceptors (Lipinski definition) is 4. The maximum absolute atomic E-state index is 12.5. The fourth-order valence-corrected chi connectivity index (χ4v) is 3.14. The summed E-state index contributed by atoms with van der Waals surface area (Å²) in [7, 11) is 0. The third-order valence-corrected chi connectivity index (χ3v) is 4.42. The number of rotatable bonds is 6. The second-order valence-corrected chi connectivity index (χ2v) is 6.56. The lowest BCUT2D eigenvalue weighted by atomic mass is 10.1. The van der Waals surface area contributed by atoms with Gasteiger partial charge in [0.2, 0.25) is 5.91 Å². The van der Waals surface area contributed by atoms with E-state index in [0.29, 0.717) is 21.4 Å². The summed E-state index contributed by atoms with van der Waals surface area (Å²) in [6.45, 7) is -2.92. The molecule has 2 aromatic carbocycles. The summed E-state index contributed by atoms with van der Waals surface area (Å²) in [5, 5.41) is 5.35. The van der Waals surface area contributed by atoms with E-state index < -0.39 is 6.61 Å². The lowest BCUT2D eigenvalue weighted by Crippen LogP contribution is -2.14. The average molecular weight is 395 g/mol. The summed E-state index contributed by atoms with van der Waals surface area (Å²) in [5.41, 5.74) is 1.70. The van der Waals surface area contributed by atoms with Gasteiger partial charge in [0.25, 0.3) is 0 Å². The molecule has 0 unspecified atom stereocenters. The molecule has 0 spiro atoms. The number of alkyl halides is 2. The van der Waals surface area contributed by atoms with Crippen molar-refractivity contribution in [1.29, 1.82) is 0 Å². The lowest BCUT2D eigenvalue weighted by Gasteiger charge is -2.08. The zero-order valence-electron chi connectivity index (χ0n) is 13.3. The zero-order valence-corrected chi connectivity index (χ0v) is 14.9. The largest absolute Gasteiger partial charge is 0.434 e. The van der Waals surface area contributed by atoms with Crippen LogP contribution in [0.4, 0.5) is 13.9 Å². The van der Waals surface area contributed by atoms with Gasteiger partial charge in [0.05, 0.1) is 12.1 Å². The molecule has 1 aromatic heterocycles. The van der Waals surface area contributed by atoms with E-state index >= 15 is 0 Å². The first kappa shape index (κ1) is 18.3. The van der Waals surface area contributed by atoms with Crippen LogP contribution in [0.5, 0.6) is 5.75 Å². The predicted octanol–water partition coefficient (Wildman–Crippen LogP) is 5.25. The fourth-order valence-electron chi connectivity index (χ4n) is 2.28. The Morgan fingerprint density at radius 1 is 1.19 bits per heavy atom. The Kier molecular flexibility index (Phi) is 5.80. The molecule has 4 nitrogen and oxygen atoms in total. The molecule has 0 aliphatic carbocycles. The molecule has 0 saturated heterocycles. The number of nitrogens with one attached hydrogen (secondary N) is 1. The Morgan fingerprint density at radius 3 is 2.65 bits per heavy atom. The highest BCUT2D eigenvalue weighted by molar-refractivity contribution is 7.14. The monoisotopic (exact) mass is 394 g/mol. The first-order valence-corrected chi connectivity index (χ1v) is 8.81. The van der Waals surface area contributed by atoms with Gasteiger partial charge >= 0.3 is 6.61 Å². The van der Waals surface area contributed by atoms with Crippen molar-refractivity contribution in [3.05, 3.63) is 64.5 Å². The normalized spacial score (nSPS) is 10.8. The summed E-state index contributed by atoms with van der Waals surface area (Å²) in [4.78, 5) is 16.4. The number of amides is 1. The number of ether oxygens (including phenoxy) is 1. The smallest absolute Gasteiger partial charge is 0.387 e. The minimum atomic E-state index is -2.92. The first-order chi connectivity index (χ1) is 12.5. The molecule has 26 heavy (non-hydrogen) atoms. The number of para-hydroxylation sites is 1. The molecule has 0 atom stereocenters. The van der Waals surface area contributed by atoms with Crippen molar-refractivity contribution in [3.63, 3.8) is 0 Å². The van der Waals surface area contributed by atoms with E-state index in [1.54, 1.807) is 47.8 Å². The van der Waals surface area contributed by atoms with Crippen LogP contribution < -0.4 is 10.1 Å². The molecule has 3 rings (SSSR count). The number of anilines is 1. The number of carbonyl (C=O) groups is 1. The molecule has 3 aromatic rings. The van der Waals surface area contributed by atoms with Crippen LogP contribution >= 0.6 is 22.9 Å². The molecule has 0 radical (unpaired) electrons. The van der Waals surface area contributed by atoms with Gasteiger partial charge in [-0.05, 0) is 29.8 Å². The quantitative estimate of drug-likeness (QED) is 0.621. The van der Waals surface area contributed by atoms with Gasteiger partial charge in [-0.2, -0.15) is 8.78 Å². The van der Waals surface area contributed by atoms with Gasteiger partial charge < -0.3 is 10.1 Å². The van der Waals surface area contributed by atoms with Crippen LogP contribution in [0.3, 0.4) is 0 Å². The highest BCUT2D eigenvalue weighted by Gasteiger charge is 2.14. The molecular weight excluding hydrogens is 382 g/mol. The standard InChI is InChI=1S/C18H13ClF2N2O2S/c19-12-7-5-11(6-8-12)9-16(24)23-18-22-14(10-26-18)13-3-1-2-4-15(13)25-17(20)21/h1-8,10,17H,9H2,(H,22,23,24). The summed E-state index contributed by atoms with van der Waals surface area (Å²) in [6, 6.07) is 13.3. The Bertz CT molecular complexity index is 900. The van der Waals surface area contributed by atoms with Gasteiger partial charge in [-0.15, -0.1) is 11.3 Å². The van der Waals surface area contributed by atoms with Crippen LogP contribution in [0.25, 0.3) is 11.3 Å². The Labute approximate surface area is 157 Å². The molecule has 134 valence electrons. The summed E-state index contributed by atoms with van der Waals surface area (Å²) in [5.74, 6) is -0.197. The van der Waals surface area contributed by atoms with Crippen LogP contribution in [-0.2, 0) is 11.2 Å². The van der Waals surface area contributed by atoms with Gasteiger partial charge in [0.15, 0.2) is 5.13 Å². The molecule has 1 N–H and O–H groups in total. The number of carbonyl (C=O) groups excluding carboxylic acids is 1. The Morgan fingerprint density at radius 2 is 1.92 bits per heavy atom. The van der Waals surface area contributed by atoms with Crippen LogP contribution in [0.2, 0.25) is 5.02 Å². The number of benzene rings is 2. The molecule has 1 heterocycles. The first-order valence-electron chi connectivity index (χ1n) is 7.55. The van der Waals surface area contributed by atoms with E-state index in [2.05, 4.69) is 15.0 Å². The van der Waals surface area contributed by atoms with Crippen molar-refractivity contribution < 1.29 is 18.3 Å². The highest BCUT2D eigenvalue weighted by atomic mass is 35.5. The third kappa shape index (κ3) is 4.77. The summed E-state index contributed by atoms with van der Waals surface area (Å²) < 4.78 is 29.6. The van der Waals surface area contributed by atoms with E-state index in [1.807, 2.05) is 0 Å². The van der Waals surface area contributed by atoms with Crippen molar-refractivity contribution in [2.75, 3.05) is 5.32 Å². The van der Waals surface area contributed by atoms with E-state index in [9.17, 15) is 13.6 Å². The van der Waals surface area contributed by atoms with Crippen LogP contribution in [0.1, 0.15) is 5.56 Å². The number of halogens is 3. The van der Waals surface area contributed by atoms with E-state index in [1.165, 1.54) is 17.4 Å². The van der Waals surface area contributed by atoms with Crippen LogP contribution in [0, 0.1) is 0 Å². The molecule has 8 heteroatoms. The van der Waals surface area contributed by atoms with E-state index in [4.69, 9.17) is 11.6 Å². The van der Waals surface area contributed by atoms with Crippen molar-refractivity contribution in [2.24, 2.45) is 0 Å². The fraction of sp³-hybridized carbons (Fsp3) is 0.111. The van der Waals surface area contributed by atoms with Crippen molar-refractivity contribution in [1.82, 2.24) is 4.98 Å². The summed E-state index contributed by atoms with van der Waals surface area (Å²) >= 11 is 7.02. The average Bonchev–Trinajstić information content (AvgIpc) is 3.05. The maximum Gasteiger partial charge on any atom is 0.387 e. The third-order valence-electron chi connectivity index (χ3n) is 3.41. The van der Waals surface area contributed by atoms with E-state index in [-0.39, 0.29) is 18.1 Å². The second kappa shape index (κ2) is 8.25. The lowest BCUT2D eigenvalue weighted by molar-refractivity contribution is -0.115. The SMILES string of the molecule is O=C(Cc1ccc(Cl)cc1)Nc1nc(-c2ccccc2OC(F)F)cs1. The van der Waals surface area contributed by atoms with Gasteiger partial charge in [0, 0.05) is 16.0 Å². The van der Waals surface area contributed by atoms with E-state index in [0.717, 1.165) is 5.56 Å². The number of thiazole rings is 1. The van der Waals surface area contributed by atoms with Gasteiger partial charge in [-0.1, -0.05) is 35.9 Å². The minimum absolute atomic E-state index is 0.0341. The number of nitrogens with zero attached hydrogens (tertiary/aromatic N) is 1. The molecule has 0 aliphatic rings. The molecule has 0 bridgehead atoms. The van der Waals surface area contributed by atoms with Crippen molar-refractivity contribution in [2.45, 2.75) is 13.0 Å². The molecule has 0 aliphatic heterocycles.